The Morgan fingerprint density at radius 1 is 0.296 bits per heavy atom. The molecule has 686 valence electrons. The van der Waals surface area contributed by atoms with Gasteiger partial charge in [0.1, 0.15) is 0 Å². The molecule has 1 amide bonds. The molecule has 0 spiro atoms. The van der Waals surface area contributed by atoms with Gasteiger partial charge in [0.2, 0.25) is 0 Å². The summed E-state index contributed by atoms with van der Waals surface area (Å²) in [5, 5.41) is 0. The van der Waals surface area contributed by atoms with Gasteiger partial charge in [-0.25, -0.2) is 0 Å². The van der Waals surface area contributed by atoms with Gasteiger partial charge < -0.3 is 9.80 Å². The molecule has 0 bridgehead atoms. The van der Waals surface area contributed by atoms with Gasteiger partial charge in [0, 0.05) is 123 Å². The lowest BCUT2D eigenvalue weighted by Crippen LogP contribution is -2.39. The molecule has 0 radical (unpaired) electrons. The molecular formula is C112H162N2OS10. The third-order valence-corrected chi connectivity index (χ3v) is 41.8. The van der Waals surface area contributed by atoms with Crippen molar-refractivity contribution in [1.82, 2.24) is 9.80 Å². The molecule has 2 unspecified atom stereocenters. The molecule has 10 aromatic rings. The highest BCUT2D eigenvalue weighted by Gasteiger charge is 2.47. The van der Waals surface area contributed by atoms with E-state index >= 15 is 4.79 Å². The molecule has 12 rings (SSSR count). The van der Waals surface area contributed by atoms with Crippen molar-refractivity contribution < 1.29 is 4.79 Å². The number of rotatable bonds is 58. The number of carbonyl (C=O) groups excluding carboxylic acids is 1. The Kier molecular flexibility index (Phi) is 38.7. The minimum atomic E-state index is -0.127. The van der Waals surface area contributed by atoms with Gasteiger partial charge in [0.05, 0.1) is 26.7 Å². The van der Waals surface area contributed by atoms with E-state index in [1.165, 1.54) is 362 Å². The lowest BCUT2D eigenvalue weighted by atomic mass is 9.66. The number of amides is 1. The molecule has 2 aliphatic heterocycles. The second-order valence-electron chi connectivity index (χ2n) is 41.0. The zero-order chi connectivity index (χ0) is 88.8. The maximum atomic E-state index is 16.8. The van der Waals surface area contributed by atoms with Gasteiger partial charge in [0.15, 0.2) is 0 Å². The number of unbranched alkanes of at least 4 members (excludes halogenated alkanes) is 28. The van der Waals surface area contributed by atoms with Crippen LogP contribution < -0.4 is 0 Å². The first-order chi connectivity index (χ1) is 60.4. The number of hydrogen-bond acceptors (Lipinski definition) is 12. The molecule has 3 nitrogen and oxygen atoms in total. The largest absolute Gasteiger partial charge is 0.365 e. The van der Waals surface area contributed by atoms with Gasteiger partial charge in [0.25, 0.3) is 5.91 Å². The molecule has 0 N–H and O–H groups in total. The number of aryl methyl sites for hydroxylation is 4. The summed E-state index contributed by atoms with van der Waals surface area (Å²) in [6.07, 6.45) is 55.8. The zero-order valence-electron chi connectivity index (χ0n) is 81.2. The van der Waals surface area contributed by atoms with Crippen molar-refractivity contribution in [2.75, 3.05) is 19.6 Å². The first-order valence-corrected chi connectivity index (χ1v) is 58.9. The van der Waals surface area contributed by atoms with Crippen molar-refractivity contribution in [3.63, 3.8) is 0 Å². The van der Waals surface area contributed by atoms with Crippen molar-refractivity contribution >= 4 is 149 Å². The van der Waals surface area contributed by atoms with Crippen LogP contribution in [0.2, 0.25) is 0 Å². The van der Waals surface area contributed by atoms with Crippen LogP contribution in [0, 0.1) is 11.8 Å². The molecule has 0 aliphatic carbocycles. The number of carbonyl (C=O) groups is 1. The van der Waals surface area contributed by atoms with Gasteiger partial charge in [-0.3, -0.25) is 4.79 Å². The van der Waals surface area contributed by atoms with Crippen LogP contribution in [0.25, 0.3) is 79.0 Å². The van der Waals surface area contributed by atoms with Crippen LogP contribution >= 0.6 is 113 Å². The standard InChI is InChI=1S/C112H162N2OS10/c1-19-27-35-43-45-49-56-78(55-47-37-29-21-3)75-113-77-84-101(108(115)114(76-79(57-48-38-30-22-4)58-50-46-44-36-28-20-2)102(84)87-65-63-86(116-87)90-69-83(62-54-42-34-26-8)107(124-90)110(12,13)14)103(113)88-66-64-85(117-88)89-67-80(59-51-39-31-23-5)104(122-89)97-72-94-96(119-97)74-100(121-94)112(17,18)111(15,16)99-70-82(61-53-41-33-25-7)106(125-99)105-81(60-52-40-32-24-6)68-91(123-105)92-71-93-95(118-92)73-98(120-93)109(9,10)11/h63-74,78-79H,19-62,75-77H2,1-18H3. The van der Waals surface area contributed by atoms with E-state index in [-0.39, 0.29) is 27.6 Å². The summed E-state index contributed by atoms with van der Waals surface area (Å²) >= 11 is 20.4. The van der Waals surface area contributed by atoms with Crippen LogP contribution in [0.3, 0.4) is 0 Å². The molecule has 10 aromatic heterocycles. The molecular weight excluding hydrogens is 1710 g/mol. The molecule has 0 aromatic carbocycles. The average molecular weight is 1870 g/mol. The number of fused-ring (bicyclic) bond motifs is 3. The quantitative estimate of drug-likeness (QED) is 0.0355. The Balaban J connectivity index is 0.912. The second-order valence-corrected chi connectivity index (χ2v) is 51.7. The topological polar surface area (TPSA) is 23.6 Å². The van der Waals surface area contributed by atoms with Gasteiger partial charge in [-0.2, -0.15) is 0 Å². The molecule has 0 fully saturated rings. The van der Waals surface area contributed by atoms with Crippen LogP contribution in [-0.2, 0) is 52.1 Å². The highest BCUT2D eigenvalue weighted by atomic mass is 32.1. The maximum absolute atomic E-state index is 16.8. The highest BCUT2D eigenvalue weighted by Crippen LogP contribution is 2.58. The van der Waals surface area contributed by atoms with Gasteiger partial charge in [-0.15, -0.1) is 113 Å². The minimum Gasteiger partial charge on any atom is -0.365 e. The summed E-state index contributed by atoms with van der Waals surface area (Å²) < 4.78 is 5.75. The van der Waals surface area contributed by atoms with E-state index in [0.717, 1.165) is 50.9 Å². The van der Waals surface area contributed by atoms with Crippen LogP contribution in [0.4, 0.5) is 0 Å². The van der Waals surface area contributed by atoms with E-state index in [9.17, 15) is 0 Å². The molecule has 0 saturated heterocycles. The summed E-state index contributed by atoms with van der Waals surface area (Å²) in [7, 11) is 0. The van der Waals surface area contributed by atoms with E-state index in [2.05, 4.69) is 241 Å². The van der Waals surface area contributed by atoms with Gasteiger partial charge in [-0.05, 0) is 195 Å². The predicted molar refractivity (Wildman–Crippen MR) is 573 cm³/mol. The summed E-state index contributed by atoms with van der Waals surface area (Å²) in [4.78, 5) is 45.0. The number of nitrogens with zero attached hydrogens (tertiary/aromatic N) is 2. The fourth-order valence-corrected chi connectivity index (χ4v) is 32.5. The Morgan fingerprint density at radius 2 is 0.648 bits per heavy atom. The third kappa shape index (κ3) is 25.8. The van der Waals surface area contributed by atoms with Crippen LogP contribution in [0.1, 0.15) is 433 Å². The van der Waals surface area contributed by atoms with E-state index in [4.69, 9.17) is 0 Å². The summed E-state index contributed by atoms with van der Waals surface area (Å²) in [5.74, 6) is 1.31. The SMILES string of the molecule is CCCCCCCCC(CCCCCC)CN1CC2=C(c3ccc(-c4cc(CCCCCC)c(C(C)(C)C)s4)s3)N(CC(CCCCCC)CCCCCCCC)C(=O)C2=C1c1ccc(-c2cc(CCCCCC)c(-c3cc4sc(C(C)(C)C(C)(C)c5cc(CCCCCC)c(-c6sc(-c7cc8sc(C(C)(C)C)cc8s7)cc6CCCCCC)s5)cc4s3)s2)s1. The van der Waals surface area contributed by atoms with Gasteiger partial charge >= 0.3 is 0 Å². The summed E-state index contributed by atoms with van der Waals surface area (Å²) in [6.45, 7) is 46.0. The predicted octanol–water partition coefficient (Wildman–Crippen LogP) is 40.2. The summed E-state index contributed by atoms with van der Waals surface area (Å²) in [6, 6.07) is 30.6. The molecule has 125 heavy (non-hydrogen) atoms. The van der Waals surface area contributed by atoms with Crippen molar-refractivity contribution in [1.29, 1.82) is 0 Å². The van der Waals surface area contributed by atoms with Crippen LogP contribution in [0.15, 0.2) is 83.9 Å². The number of thiophene rings is 10. The Morgan fingerprint density at radius 3 is 1.14 bits per heavy atom. The monoisotopic (exact) mass is 1870 g/mol. The van der Waals surface area contributed by atoms with Crippen molar-refractivity contribution in [2.45, 2.75) is 429 Å². The maximum Gasteiger partial charge on any atom is 0.260 e. The first-order valence-electron chi connectivity index (χ1n) is 50.7. The van der Waals surface area contributed by atoms with Crippen LogP contribution in [0.5, 0.6) is 0 Å². The highest BCUT2D eigenvalue weighted by molar-refractivity contribution is 7.33. The molecule has 2 aliphatic rings. The summed E-state index contributed by atoms with van der Waals surface area (Å²) in [5.41, 5.74) is 11.0. The third-order valence-electron chi connectivity index (χ3n) is 27.9. The van der Waals surface area contributed by atoms with Crippen molar-refractivity contribution in [3.05, 3.63) is 135 Å². The van der Waals surface area contributed by atoms with E-state index in [0.29, 0.717) is 11.8 Å². The average Bonchev–Trinajstić information content (AvgIpc) is 1.56. The fraction of sp³-hybridized carbons (Fsp3) is 0.634. The molecule has 12 heterocycles. The lowest BCUT2D eigenvalue weighted by molar-refractivity contribution is -0.123. The Bertz CT molecular complexity index is 4950. The van der Waals surface area contributed by atoms with Crippen LogP contribution in [-0.4, -0.2) is 35.3 Å². The fourth-order valence-electron chi connectivity index (χ4n) is 19.5. The Hall–Kier alpha value is -3.73. The first kappa shape index (κ1) is 100. The lowest BCUT2D eigenvalue weighted by Gasteiger charge is -2.40. The van der Waals surface area contributed by atoms with Crippen molar-refractivity contribution in [3.8, 4) is 48.8 Å². The number of hydrogen-bond donors (Lipinski definition) is 0. The van der Waals surface area contributed by atoms with E-state index in [1.54, 1.807) is 31.3 Å². The van der Waals surface area contributed by atoms with Gasteiger partial charge in [-0.1, -0.05) is 330 Å². The Labute approximate surface area is 801 Å². The molecule has 0 saturated carbocycles. The normalized spacial score (nSPS) is 14.3. The minimum absolute atomic E-state index is 0.0785. The van der Waals surface area contributed by atoms with E-state index < -0.39 is 0 Å². The molecule has 13 heteroatoms. The molecule has 2 atom stereocenters. The van der Waals surface area contributed by atoms with Crippen molar-refractivity contribution in [2.24, 2.45) is 11.8 Å². The van der Waals surface area contributed by atoms with E-state index in [1.807, 2.05) is 79.4 Å². The second kappa shape index (κ2) is 48.3. The zero-order valence-corrected chi connectivity index (χ0v) is 89.4. The smallest absolute Gasteiger partial charge is 0.260 e.